The molecule has 4 N–H and O–H groups in total. The first-order chi connectivity index (χ1) is 4.33. The molecule has 0 radical (unpaired) electrons. The van der Waals surface area contributed by atoms with Crippen LogP contribution in [0, 0.1) is 0 Å². The van der Waals surface area contributed by atoms with Crippen LogP contribution in [-0.4, -0.2) is 0 Å². The van der Waals surface area contributed by atoms with Crippen molar-refractivity contribution < 1.29 is 35.2 Å². The van der Waals surface area contributed by atoms with Gasteiger partial charge in [-0.05, 0) is 0 Å². The van der Waals surface area contributed by atoms with Crippen LogP contribution in [0.25, 0.3) is 0 Å². The summed E-state index contributed by atoms with van der Waals surface area (Å²) in [5.41, 5.74) is 3.83. The molecule has 0 spiro atoms. The van der Waals surface area contributed by atoms with Gasteiger partial charge in [-0.2, -0.15) is 0 Å². The zero-order valence-electron chi connectivity index (χ0n) is 6.22. The standard InChI is InChI=1S/C6H9N3.2ClH/c1-9-4-2-6(8-7)3-5-9;;/h2-5H,7H2,1H3;2*1H. The molecule has 0 saturated heterocycles. The van der Waals surface area contributed by atoms with E-state index in [0.717, 1.165) is 5.69 Å². The Morgan fingerprint density at radius 2 is 1.73 bits per heavy atom. The van der Waals surface area contributed by atoms with Crippen molar-refractivity contribution in [2.75, 3.05) is 5.43 Å². The van der Waals surface area contributed by atoms with Gasteiger partial charge in [-0.3, -0.25) is 5.84 Å². The van der Waals surface area contributed by atoms with Gasteiger partial charge < -0.3 is 24.8 Å². The second-order valence-electron chi connectivity index (χ2n) is 1.93. The number of aromatic nitrogens is 1. The van der Waals surface area contributed by atoms with E-state index in [-0.39, 0.29) is 24.8 Å². The lowest BCUT2D eigenvalue weighted by atomic mass is 10.4. The molecule has 3 nitrogen and oxygen atoms in total. The summed E-state index contributed by atoms with van der Waals surface area (Å²) in [5, 5.41) is 0. The highest BCUT2D eigenvalue weighted by Gasteiger charge is 1.91. The number of rotatable bonds is 1. The second-order valence-corrected chi connectivity index (χ2v) is 1.93. The van der Waals surface area contributed by atoms with E-state index in [0.29, 0.717) is 0 Å². The number of halogens is 2. The zero-order valence-corrected chi connectivity index (χ0v) is 7.73. The van der Waals surface area contributed by atoms with E-state index in [1.54, 1.807) is 0 Å². The molecular weight excluding hydrogens is 185 g/mol. The molecule has 0 fully saturated rings. The lowest BCUT2D eigenvalue weighted by Gasteiger charge is -1.91. The van der Waals surface area contributed by atoms with Crippen molar-refractivity contribution in [3.63, 3.8) is 0 Å². The highest BCUT2D eigenvalue weighted by atomic mass is 35.5. The van der Waals surface area contributed by atoms with Crippen LogP contribution in [0.2, 0.25) is 0 Å². The molecule has 0 aliphatic rings. The van der Waals surface area contributed by atoms with E-state index in [1.165, 1.54) is 0 Å². The van der Waals surface area contributed by atoms with Crippen molar-refractivity contribution >= 4 is 5.69 Å². The summed E-state index contributed by atoms with van der Waals surface area (Å²) in [6.45, 7) is 0. The Bertz CT molecular complexity index is 188. The molecule has 0 aliphatic heterocycles. The Morgan fingerprint density at radius 1 is 1.27 bits per heavy atom. The molecule has 0 unspecified atom stereocenters. The third kappa shape index (κ3) is 4.03. The number of anilines is 1. The molecule has 0 aliphatic carbocycles. The van der Waals surface area contributed by atoms with Gasteiger partial charge in [-0.25, -0.2) is 9.99 Å². The third-order valence-electron chi connectivity index (χ3n) is 1.18. The van der Waals surface area contributed by atoms with Crippen LogP contribution >= 0.6 is 0 Å². The molecule has 1 aromatic heterocycles. The van der Waals surface area contributed by atoms with Crippen LogP contribution in [-0.2, 0) is 7.05 Å². The summed E-state index contributed by atoms with van der Waals surface area (Å²) in [7, 11) is 1.98. The summed E-state index contributed by atoms with van der Waals surface area (Å²) in [4.78, 5) is 0. The summed E-state index contributed by atoms with van der Waals surface area (Å²) < 4.78 is 1.97. The van der Waals surface area contributed by atoms with E-state index in [9.17, 15) is 0 Å². The minimum Gasteiger partial charge on any atom is -1.00 e. The highest BCUT2D eigenvalue weighted by Crippen LogP contribution is 1.96. The van der Waals surface area contributed by atoms with Crippen LogP contribution in [0.5, 0.6) is 0 Å². The number of aryl methyl sites for hydroxylation is 1. The van der Waals surface area contributed by atoms with Gasteiger partial charge in [0.05, 0.1) is 5.69 Å². The van der Waals surface area contributed by atoms with E-state index in [2.05, 4.69) is 11.3 Å². The maximum atomic E-state index is 3.53. The van der Waals surface area contributed by atoms with Gasteiger partial charge in [-0.15, -0.1) is 0 Å². The number of pyridine rings is 1. The molecule has 5 heteroatoms. The molecule has 1 rings (SSSR count). The van der Waals surface area contributed by atoms with Gasteiger partial charge in [-0.1, -0.05) is 0 Å². The van der Waals surface area contributed by atoms with Crippen LogP contribution < -0.4 is 40.6 Å². The maximum Gasteiger partial charge on any atom is 0.170 e. The summed E-state index contributed by atoms with van der Waals surface area (Å²) in [5.74, 6) is 3.53. The third-order valence-corrected chi connectivity index (χ3v) is 1.18. The van der Waals surface area contributed by atoms with Crippen LogP contribution in [0.1, 0.15) is 0 Å². The van der Waals surface area contributed by atoms with Crippen molar-refractivity contribution in [1.82, 2.24) is 0 Å². The van der Waals surface area contributed by atoms with Crippen molar-refractivity contribution in [3.8, 4) is 0 Å². The average molecular weight is 196 g/mol. The molecule has 0 atom stereocenters. The zero-order chi connectivity index (χ0) is 6.69. The quantitative estimate of drug-likeness (QED) is 0.340. The van der Waals surface area contributed by atoms with Gasteiger partial charge in [0.25, 0.3) is 0 Å². The van der Waals surface area contributed by atoms with Crippen molar-refractivity contribution in [2.24, 2.45) is 7.05 Å². The van der Waals surface area contributed by atoms with Gasteiger partial charge >= 0.3 is 0 Å². The number of hydrogen-bond acceptors (Lipinski definition) is 1. The number of nitrogens with zero attached hydrogens (tertiary/aromatic N) is 1. The topological polar surface area (TPSA) is 43.5 Å². The first kappa shape index (κ1) is 13.1. The Morgan fingerprint density at radius 3 is 2.09 bits per heavy atom. The SMILES string of the molecule is C[n+]1ccc(N[NH3+])cc1.[Cl-].[Cl-]. The normalized spacial score (nSPS) is 7.45. The summed E-state index contributed by atoms with van der Waals surface area (Å²) in [6.07, 6.45) is 3.93. The summed E-state index contributed by atoms with van der Waals surface area (Å²) >= 11 is 0. The van der Waals surface area contributed by atoms with Crippen molar-refractivity contribution in [3.05, 3.63) is 24.5 Å². The smallest absolute Gasteiger partial charge is 0.170 e. The number of quaternary nitrogens is 1. The first-order valence-corrected chi connectivity index (χ1v) is 2.81. The van der Waals surface area contributed by atoms with E-state index in [1.807, 2.05) is 36.1 Å². The van der Waals surface area contributed by atoms with Crippen molar-refractivity contribution in [2.45, 2.75) is 0 Å². The summed E-state index contributed by atoms with van der Waals surface area (Å²) in [6, 6.07) is 3.93. The van der Waals surface area contributed by atoms with Gasteiger partial charge in [0.1, 0.15) is 7.05 Å². The van der Waals surface area contributed by atoms with Crippen LogP contribution in [0.4, 0.5) is 5.69 Å². The van der Waals surface area contributed by atoms with E-state index >= 15 is 0 Å². The fourth-order valence-corrected chi connectivity index (χ4v) is 0.619. The fourth-order valence-electron chi connectivity index (χ4n) is 0.619. The number of nitrogens with one attached hydrogen (secondary N) is 1. The molecule has 0 amide bonds. The lowest BCUT2D eigenvalue weighted by Crippen LogP contribution is -3.00. The molecular formula is C6H11Cl2N3. The second kappa shape index (κ2) is 6.22. The first-order valence-electron chi connectivity index (χ1n) is 2.81. The van der Waals surface area contributed by atoms with Crippen molar-refractivity contribution in [1.29, 1.82) is 0 Å². The Hall–Kier alpha value is -0.510. The number of hydrogen-bond donors (Lipinski definition) is 2. The fraction of sp³-hybridized carbons (Fsp3) is 0.167. The van der Waals surface area contributed by atoms with Gasteiger partial charge in [0.15, 0.2) is 12.4 Å². The molecule has 64 valence electrons. The van der Waals surface area contributed by atoms with E-state index < -0.39 is 0 Å². The monoisotopic (exact) mass is 195 g/mol. The van der Waals surface area contributed by atoms with E-state index in [4.69, 9.17) is 0 Å². The van der Waals surface area contributed by atoms with Gasteiger partial charge in [0.2, 0.25) is 0 Å². The molecule has 0 aromatic carbocycles. The lowest BCUT2D eigenvalue weighted by molar-refractivity contribution is -0.671. The molecule has 1 aromatic rings. The van der Waals surface area contributed by atoms with Gasteiger partial charge in [0, 0.05) is 12.1 Å². The minimum absolute atomic E-state index is 0. The largest absolute Gasteiger partial charge is 1.00 e. The predicted molar refractivity (Wildman–Crippen MR) is 34.1 cm³/mol. The molecule has 0 saturated carbocycles. The average Bonchev–Trinajstić information content (AvgIpc) is 1.90. The maximum absolute atomic E-state index is 3.53. The Balaban J connectivity index is 0. The molecule has 1 heterocycles. The molecule has 0 bridgehead atoms. The predicted octanol–water partition coefficient (Wildman–Crippen LogP) is -6.91. The molecule has 11 heavy (non-hydrogen) atoms. The Labute approximate surface area is 78.4 Å². The highest BCUT2D eigenvalue weighted by molar-refractivity contribution is 5.35. The Kier molecular flexibility index (Phi) is 7.41. The van der Waals surface area contributed by atoms with Crippen LogP contribution in [0.15, 0.2) is 24.5 Å². The van der Waals surface area contributed by atoms with Crippen LogP contribution in [0.3, 0.4) is 0 Å². The minimum atomic E-state index is 0.